The first-order chi connectivity index (χ1) is 14.1. The summed E-state index contributed by atoms with van der Waals surface area (Å²) >= 11 is 6.10. The lowest BCUT2D eigenvalue weighted by Gasteiger charge is -2.39. The molecule has 2 aliphatic heterocycles. The molecule has 2 heterocycles. The van der Waals surface area contributed by atoms with Gasteiger partial charge < -0.3 is 25.2 Å². The van der Waals surface area contributed by atoms with Gasteiger partial charge in [-0.1, -0.05) is 17.7 Å². The van der Waals surface area contributed by atoms with E-state index in [0.717, 1.165) is 17.2 Å². The highest BCUT2D eigenvalue weighted by molar-refractivity contribution is 14.0. The van der Waals surface area contributed by atoms with E-state index in [1.807, 2.05) is 39.8 Å². The third-order valence-electron chi connectivity index (χ3n) is 5.04. The number of piperazine rings is 1. The van der Waals surface area contributed by atoms with Crippen molar-refractivity contribution in [2.24, 2.45) is 4.99 Å². The zero-order valence-corrected chi connectivity index (χ0v) is 21.5. The van der Waals surface area contributed by atoms with Crippen molar-refractivity contribution in [2.75, 3.05) is 38.0 Å². The summed E-state index contributed by atoms with van der Waals surface area (Å²) in [6.07, 6.45) is 0.0320. The average molecular weight is 564 g/mol. The number of rotatable bonds is 4. The van der Waals surface area contributed by atoms with Crippen LogP contribution in [-0.4, -0.2) is 72.1 Å². The standard InChI is InChI=1S/C21H30ClN5O3.HI/c1-14-16(22)6-5-7-17(14)25-18(28)8-9-23-19-24-12-15-13-26(10-11-27(15)19)20(29)30-21(2,3)4;/h5-7,15H,8-13H2,1-4H3,(H,23,24)(H,25,28);1H. The monoisotopic (exact) mass is 563 g/mol. The molecule has 0 saturated carbocycles. The molecular formula is C21H31ClIN5O3. The molecule has 0 radical (unpaired) electrons. The van der Waals surface area contributed by atoms with E-state index in [-0.39, 0.29) is 42.0 Å². The molecule has 1 saturated heterocycles. The highest BCUT2D eigenvalue weighted by Crippen LogP contribution is 2.23. The summed E-state index contributed by atoms with van der Waals surface area (Å²) in [6, 6.07) is 5.58. The molecule has 1 atom stereocenters. The first-order valence-corrected chi connectivity index (χ1v) is 10.6. The molecule has 8 nitrogen and oxygen atoms in total. The van der Waals surface area contributed by atoms with E-state index in [1.54, 1.807) is 11.0 Å². The van der Waals surface area contributed by atoms with Crippen LogP contribution in [0.1, 0.15) is 32.8 Å². The smallest absolute Gasteiger partial charge is 0.410 e. The van der Waals surface area contributed by atoms with Gasteiger partial charge in [-0.2, -0.15) is 0 Å². The number of amides is 2. The summed E-state index contributed by atoms with van der Waals surface area (Å²) in [5.41, 5.74) is 1.08. The number of anilines is 1. The topological polar surface area (TPSA) is 86.3 Å². The molecule has 2 amide bonds. The molecule has 3 rings (SSSR count). The maximum atomic E-state index is 12.3. The van der Waals surface area contributed by atoms with Crippen molar-refractivity contribution < 1.29 is 14.3 Å². The summed E-state index contributed by atoms with van der Waals surface area (Å²) in [6.45, 7) is 10.4. The van der Waals surface area contributed by atoms with Gasteiger partial charge in [-0.15, -0.1) is 24.0 Å². The second-order valence-corrected chi connectivity index (χ2v) is 8.98. The van der Waals surface area contributed by atoms with Gasteiger partial charge >= 0.3 is 6.09 Å². The third-order valence-corrected chi connectivity index (χ3v) is 5.44. The Labute approximate surface area is 205 Å². The maximum Gasteiger partial charge on any atom is 0.410 e. The summed E-state index contributed by atoms with van der Waals surface area (Å²) in [5, 5.41) is 6.78. The fourth-order valence-electron chi connectivity index (χ4n) is 3.47. The SMILES string of the molecule is Cc1c(Cl)cccc1NC(=O)CCNC1=NCC2CN(C(=O)OC(C)(C)C)CCN12.I. The van der Waals surface area contributed by atoms with E-state index < -0.39 is 5.60 Å². The number of halogens is 2. The molecule has 2 N–H and O–H groups in total. The molecule has 2 aliphatic rings. The Hall–Kier alpha value is -1.75. The molecule has 1 unspecified atom stereocenters. The van der Waals surface area contributed by atoms with Crippen LogP contribution in [0.15, 0.2) is 23.2 Å². The van der Waals surface area contributed by atoms with Gasteiger partial charge in [0, 0.05) is 43.3 Å². The predicted octanol–water partition coefficient (Wildman–Crippen LogP) is 3.48. The largest absolute Gasteiger partial charge is 0.444 e. The zero-order valence-electron chi connectivity index (χ0n) is 18.4. The second-order valence-electron chi connectivity index (χ2n) is 8.58. The number of nitrogens with zero attached hydrogens (tertiary/aromatic N) is 3. The highest BCUT2D eigenvalue weighted by atomic mass is 127. The molecule has 1 fully saturated rings. The molecule has 1 aromatic carbocycles. The first kappa shape index (κ1) is 25.5. The van der Waals surface area contributed by atoms with E-state index >= 15 is 0 Å². The van der Waals surface area contributed by atoms with Gasteiger partial charge in [-0.05, 0) is 45.4 Å². The van der Waals surface area contributed by atoms with Crippen LogP contribution in [-0.2, 0) is 9.53 Å². The minimum atomic E-state index is -0.503. The Balaban J connectivity index is 0.00000341. The molecule has 0 aliphatic carbocycles. The predicted molar refractivity (Wildman–Crippen MR) is 133 cm³/mol. The molecule has 31 heavy (non-hydrogen) atoms. The number of carbonyl (C=O) groups is 2. The maximum absolute atomic E-state index is 12.3. The van der Waals surface area contributed by atoms with E-state index in [0.29, 0.717) is 44.2 Å². The average Bonchev–Trinajstić information content (AvgIpc) is 3.06. The van der Waals surface area contributed by atoms with Crippen LogP contribution in [0.25, 0.3) is 0 Å². The van der Waals surface area contributed by atoms with Crippen molar-refractivity contribution in [2.45, 2.75) is 45.8 Å². The van der Waals surface area contributed by atoms with Crippen LogP contribution in [0.5, 0.6) is 0 Å². The van der Waals surface area contributed by atoms with Gasteiger partial charge in [0.15, 0.2) is 5.96 Å². The Morgan fingerprint density at radius 3 is 2.74 bits per heavy atom. The van der Waals surface area contributed by atoms with Crippen molar-refractivity contribution in [3.8, 4) is 0 Å². The van der Waals surface area contributed by atoms with E-state index in [2.05, 4.69) is 20.5 Å². The summed E-state index contributed by atoms with van der Waals surface area (Å²) in [4.78, 5) is 33.0. The Bertz CT molecular complexity index is 843. The van der Waals surface area contributed by atoms with Crippen LogP contribution >= 0.6 is 35.6 Å². The van der Waals surface area contributed by atoms with Crippen LogP contribution in [0.2, 0.25) is 5.02 Å². The lowest BCUT2D eigenvalue weighted by atomic mass is 10.2. The number of nitrogens with one attached hydrogen (secondary N) is 2. The quantitative estimate of drug-likeness (QED) is 0.548. The van der Waals surface area contributed by atoms with Gasteiger partial charge in [0.25, 0.3) is 0 Å². The molecule has 0 spiro atoms. The van der Waals surface area contributed by atoms with E-state index in [4.69, 9.17) is 16.3 Å². The lowest BCUT2D eigenvalue weighted by Crippen LogP contribution is -2.57. The van der Waals surface area contributed by atoms with E-state index in [9.17, 15) is 9.59 Å². The summed E-state index contributed by atoms with van der Waals surface area (Å²) in [5.74, 6) is 0.702. The molecule has 0 aromatic heterocycles. The van der Waals surface area contributed by atoms with Crippen molar-refractivity contribution in [1.82, 2.24) is 15.1 Å². The van der Waals surface area contributed by atoms with Crippen LogP contribution < -0.4 is 10.6 Å². The lowest BCUT2D eigenvalue weighted by molar-refractivity contribution is -0.116. The molecule has 0 bridgehead atoms. The van der Waals surface area contributed by atoms with Gasteiger partial charge in [-0.25, -0.2) is 4.79 Å². The van der Waals surface area contributed by atoms with Crippen LogP contribution in [0.4, 0.5) is 10.5 Å². The van der Waals surface area contributed by atoms with Gasteiger partial charge in [-0.3, -0.25) is 9.79 Å². The molecule has 1 aromatic rings. The fourth-order valence-corrected chi connectivity index (χ4v) is 3.64. The van der Waals surface area contributed by atoms with Crippen molar-refractivity contribution in [3.63, 3.8) is 0 Å². The number of carbonyl (C=O) groups excluding carboxylic acids is 2. The van der Waals surface area contributed by atoms with Gasteiger partial charge in [0.1, 0.15) is 5.60 Å². The normalized spacial score (nSPS) is 18.0. The summed E-state index contributed by atoms with van der Waals surface area (Å²) < 4.78 is 5.47. The molecule has 172 valence electrons. The van der Waals surface area contributed by atoms with Crippen molar-refractivity contribution in [1.29, 1.82) is 0 Å². The number of ether oxygens (including phenoxy) is 1. The number of benzene rings is 1. The Morgan fingerprint density at radius 1 is 1.29 bits per heavy atom. The first-order valence-electron chi connectivity index (χ1n) is 10.2. The fraction of sp³-hybridized carbons (Fsp3) is 0.571. The minimum absolute atomic E-state index is 0. The van der Waals surface area contributed by atoms with Crippen molar-refractivity contribution >= 4 is 59.2 Å². The Morgan fingerprint density at radius 2 is 2.03 bits per heavy atom. The number of fused-ring (bicyclic) bond motifs is 1. The number of hydrogen-bond donors (Lipinski definition) is 2. The highest BCUT2D eigenvalue weighted by Gasteiger charge is 2.36. The zero-order chi connectivity index (χ0) is 21.9. The minimum Gasteiger partial charge on any atom is -0.444 e. The molecule has 10 heteroatoms. The van der Waals surface area contributed by atoms with Crippen LogP contribution in [0, 0.1) is 6.92 Å². The Kier molecular flexibility index (Phi) is 8.82. The van der Waals surface area contributed by atoms with Crippen molar-refractivity contribution in [3.05, 3.63) is 28.8 Å². The van der Waals surface area contributed by atoms with Gasteiger partial charge in [0.05, 0.1) is 12.6 Å². The number of guanidine groups is 1. The third kappa shape index (κ3) is 6.86. The second kappa shape index (κ2) is 10.7. The van der Waals surface area contributed by atoms with Crippen LogP contribution in [0.3, 0.4) is 0 Å². The van der Waals surface area contributed by atoms with E-state index in [1.165, 1.54) is 0 Å². The number of aliphatic imine (C=N–C) groups is 1. The molecular weight excluding hydrogens is 533 g/mol. The summed E-state index contributed by atoms with van der Waals surface area (Å²) in [7, 11) is 0. The van der Waals surface area contributed by atoms with Gasteiger partial charge in [0.2, 0.25) is 5.91 Å². The number of hydrogen-bond acceptors (Lipinski definition) is 6.